The molecule has 5 nitrogen and oxygen atoms in total. The lowest BCUT2D eigenvalue weighted by molar-refractivity contribution is 0.282. The van der Waals surface area contributed by atoms with Crippen molar-refractivity contribution in [3.05, 3.63) is 0 Å². The van der Waals surface area contributed by atoms with Crippen molar-refractivity contribution in [2.75, 3.05) is 63.1 Å². The molecule has 15 heavy (non-hydrogen) atoms. The summed E-state index contributed by atoms with van der Waals surface area (Å²) in [5.41, 5.74) is 0. The molecule has 0 saturated carbocycles. The van der Waals surface area contributed by atoms with Gasteiger partial charge in [0.15, 0.2) is 7.51 Å². The second-order valence-electron chi connectivity index (χ2n) is 4.31. The zero-order valence-electron chi connectivity index (χ0n) is 11.4. The van der Waals surface area contributed by atoms with Crippen LogP contribution in [-0.4, -0.2) is 82.0 Å². The first-order valence-electron chi connectivity index (χ1n) is 5.01. The van der Waals surface area contributed by atoms with Gasteiger partial charge in [-0.15, -0.1) is 0 Å². The minimum atomic E-state index is -1.68. The Kier molecular flexibility index (Phi) is 5.99. The summed E-state index contributed by atoms with van der Waals surface area (Å²) in [5, 5.41) is 0. The number of hydrogen-bond donors (Lipinski definition) is 0. The molecule has 0 aliphatic rings. The fraction of sp³-hybridized carbons (Fsp3) is 1.00. The Bertz CT molecular complexity index is 225. The molecule has 0 saturated heterocycles. The van der Waals surface area contributed by atoms with Gasteiger partial charge >= 0.3 is 0 Å². The lowest BCUT2D eigenvalue weighted by atomic mass is 10.9. The first-order valence-corrected chi connectivity index (χ1v) is 6.61. The van der Waals surface area contributed by atoms with Gasteiger partial charge < -0.3 is 0 Å². The van der Waals surface area contributed by atoms with Gasteiger partial charge in [-0.05, 0) is 49.3 Å². The Morgan fingerprint density at radius 2 is 1.27 bits per heavy atom. The van der Waals surface area contributed by atoms with E-state index in [4.69, 9.17) is 0 Å². The molecule has 0 radical (unpaired) electrons. The minimum absolute atomic E-state index is 0.904. The lowest BCUT2D eigenvalue weighted by Gasteiger charge is -2.43. The molecule has 0 spiro atoms. The molecule has 6 heteroatoms. The van der Waals surface area contributed by atoms with Crippen LogP contribution in [0.25, 0.3) is 0 Å². The summed E-state index contributed by atoms with van der Waals surface area (Å²) < 4.78 is 11.4. The van der Waals surface area contributed by atoms with E-state index in [0.29, 0.717) is 0 Å². The molecule has 0 heterocycles. The van der Waals surface area contributed by atoms with Crippen molar-refractivity contribution in [2.24, 2.45) is 4.74 Å². The highest BCUT2D eigenvalue weighted by Crippen LogP contribution is 2.54. The summed E-state index contributed by atoms with van der Waals surface area (Å²) >= 11 is 0. The second kappa shape index (κ2) is 5.97. The van der Waals surface area contributed by atoms with Crippen molar-refractivity contribution in [2.45, 2.75) is 0 Å². The molecular formula is C9H26N5P. The van der Waals surface area contributed by atoms with Gasteiger partial charge in [0.25, 0.3) is 0 Å². The molecule has 0 unspecified atom stereocenters. The highest BCUT2D eigenvalue weighted by Gasteiger charge is 2.29. The van der Waals surface area contributed by atoms with E-state index in [9.17, 15) is 0 Å². The number of hydrogen-bond acceptors (Lipinski definition) is 2. The van der Waals surface area contributed by atoms with Gasteiger partial charge in [-0.1, -0.05) is 0 Å². The van der Waals surface area contributed by atoms with Gasteiger partial charge in [0, 0.05) is 7.05 Å². The maximum absolute atomic E-state index is 4.63. The normalized spacial score (nSPS) is 13.3. The molecule has 0 aromatic rings. The van der Waals surface area contributed by atoms with Crippen LogP contribution in [0.1, 0.15) is 0 Å². The van der Waals surface area contributed by atoms with Crippen LogP contribution >= 0.6 is 7.51 Å². The van der Waals surface area contributed by atoms with Crippen LogP contribution in [0.3, 0.4) is 0 Å². The lowest BCUT2D eigenvalue weighted by Crippen LogP contribution is -2.37. The van der Waals surface area contributed by atoms with Gasteiger partial charge in [-0.25, -0.2) is 4.67 Å². The summed E-state index contributed by atoms with van der Waals surface area (Å²) in [6.07, 6.45) is 0. The second-order valence-corrected chi connectivity index (χ2v) is 8.07. The fourth-order valence-corrected chi connectivity index (χ4v) is 5.35. The third kappa shape index (κ3) is 3.26. The van der Waals surface area contributed by atoms with Gasteiger partial charge in [-0.3, -0.25) is 19.0 Å². The summed E-state index contributed by atoms with van der Waals surface area (Å²) in [4.78, 5) is 2.16. The molecule has 0 rings (SSSR count). The van der Waals surface area contributed by atoms with Crippen LogP contribution in [0.2, 0.25) is 0 Å². The summed E-state index contributed by atoms with van der Waals surface area (Å²) in [7, 11) is 14.9. The molecular weight excluding hydrogens is 209 g/mol. The maximum atomic E-state index is 4.63. The molecule has 0 aromatic carbocycles. The predicted molar refractivity (Wildman–Crippen MR) is 69.0 cm³/mol. The van der Waals surface area contributed by atoms with Crippen molar-refractivity contribution in [1.29, 1.82) is 0 Å². The van der Waals surface area contributed by atoms with Crippen molar-refractivity contribution < 1.29 is 0 Å². The number of nitrogens with zero attached hydrogens (tertiary/aromatic N) is 5. The standard InChI is InChI=1S/C9H26N5P/c1-10-15(12(4)5,13(6)7)14(8)9-11(2)3/h9H2,1-8H3. The van der Waals surface area contributed by atoms with E-state index in [2.05, 4.69) is 73.0 Å². The average molecular weight is 235 g/mol. The Morgan fingerprint density at radius 1 is 0.867 bits per heavy atom. The van der Waals surface area contributed by atoms with Crippen molar-refractivity contribution in [1.82, 2.24) is 18.9 Å². The Morgan fingerprint density at radius 3 is 1.47 bits per heavy atom. The Labute approximate surface area is 94.9 Å². The first kappa shape index (κ1) is 15.1. The largest absolute Gasteiger partial charge is 0.296 e. The Balaban J connectivity index is 5.10. The highest BCUT2D eigenvalue weighted by molar-refractivity contribution is 7.59. The van der Waals surface area contributed by atoms with Gasteiger partial charge in [-0.2, -0.15) is 0 Å². The quantitative estimate of drug-likeness (QED) is 0.527. The van der Waals surface area contributed by atoms with Crippen LogP contribution in [0, 0.1) is 0 Å². The van der Waals surface area contributed by atoms with E-state index in [1.165, 1.54) is 0 Å². The van der Waals surface area contributed by atoms with E-state index in [1.54, 1.807) is 0 Å². The van der Waals surface area contributed by atoms with E-state index in [0.717, 1.165) is 6.67 Å². The van der Waals surface area contributed by atoms with E-state index < -0.39 is 7.51 Å². The van der Waals surface area contributed by atoms with E-state index >= 15 is 0 Å². The highest BCUT2D eigenvalue weighted by atomic mass is 31.2. The van der Waals surface area contributed by atoms with Crippen molar-refractivity contribution in [3.63, 3.8) is 0 Å². The molecule has 0 atom stereocenters. The van der Waals surface area contributed by atoms with Crippen LogP contribution in [-0.2, 0) is 0 Å². The van der Waals surface area contributed by atoms with Crippen molar-refractivity contribution >= 4 is 7.51 Å². The molecule has 0 aliphatic heterocycles. The number of rotatable bonds is 5. The molecule has 0 bridgehead atoms. The van der Waals surface area contributed by atoms with Gasteiger partial charge in [0.1, 0.15) is 0 Å². The van der Waals surface area contributed by atoms with E-state index in [-0.39, 0.29) is 0 Å². The SMILES string of the molecule is CN=P(N(C)C)(N(C)C)N(C)CN(C)C. The molecule has 0 amide bonds. The minimum Gasteiger partial charge on any atom is -0.296 e. The van der Waals surface area contributed by atoms with Crippen LogP contribution < -0.4 is 0 Å². The molecule has 92 valence electrons. The Hall–Kier alpha value is 0.0700. The monoisotopic (exact) mass is 235 g/mol. The predicted octanol–water partition coefficient (Wildman–Crippen LogP) is 1.14. The summed E-state index contributed by atoms with van der Waals surface area (Å²) in [6.45, 7) is 0.904. The zero-order valence-corrected chi connectivity index (χ0v) is 12.3. The molecule has 0 fully saturated rings. The van der Waals surface area contributed by atoms with Crippen LogP contribution in [0.5, 0.6) is 0 Å². The molecule has 0 N–H and O–H groups in total. The fourth-order valence-electron chi connectivity index (χ4n) is 1.97. The van der Waals surface area contributed by atoms with Gasteiger partial charge in [0.2, 0.25) is 0 Å². The third-order valence-electron chi connectivity index (χ3n) is 2.29. The van der Waals surface area contributed by atoms with E-state index in [1.807, 2.05) is 7.05 Å². The zero-order chi connectivity index (χ0) is 12.2. The topological polar surface area (TPSA) is 25.3 Å². The molecule has 0 aliphatic carbocycles. The third-order valence-corrected chi connectivity index (χ3v) is 6.01. The maximum Gasteiger partial charge on any atom is 0.167 e. The van der Waals surface area contributed by atoms with Crippen LogP contribution in [0.15, 0.2) is 4.74 Å². The molecule has 0 aromatic heterocycles. The summed E-state index contributed by atoms with van der Waals surface area (Å²) in [5.74, 6) is 0. The smallest absolute Gasteiger partial charge is 0.167 e. The summed E-state index contributed by atoms with van der Waals surface area (Å²) in [6, 6.07) is 0. The van der Waals surface area contributed by atoms with Crippen molar-refractivity contribution in [3.8, 4) is 0 Å². The first-order chi connectivity index (χ1) is 6.78. The van der Waals surface area contributed by atoms with Gasteiger partial charge in [0.05, 0.1) is 6.67 Å². The average Bonchev–Trinajstić information content (AvgIpc) is 2.02. The van der Waals surface area contributed by atoms with Crippen LogP contribution in [0.4, 0.5) is 0 Å².